The molecule has 1 N–H and O–H groups in total. The molecule has 4 atom stereocenters. The summed E-state index contributed by atoms with van der Waals surface area (Å²) < 4.78 is 0. The summed E-state index contributed by atoms with van der Waals surface area (Å²) in [6.45, 7) is 13.1. The summed E-state index contributed by atoms with van der Waals surface area (Å²) in [5.74, 6) is 1.39. The summed E-state index contributed by atoms with van der Waals surface area (Å²) in [6, 6.07) is 0. The van der Waals surface area contributed by atoms with Crippen LogP contribution in [0.1, 0.15) is 66.2 Å². The minimum Gasteiger partial charge on any atom is -0.389 e. The van der Waals surface area contributed by atoms with Crippen LogP contribution in [0.25, 0.3) is 0 Å². The van der Waals surface area contributed by atoms with E-state index in [0.717, 1.165) is 19.3 Å². The Morgan fingerprint density at radius 2 is 2.19 bits per heavy atom. The fourth-order valence-corrected chi connectivity index (χ4v) is 4.43. The highest BCUT2D eigenvalue weighted by Gasteiger charge is 2.50. The number of aliphatic hydroxyl groups is 1. The SMILES string of the molecule is C=C1CC/C=C(\C)CCC2C1CC2(C)CC(O)C=C(C)C. The van der Waals surface area contributed by atoms with E-state index in [1.54, 1.807) is 0 Å². The molecule has 1 saturated carbocycles. The van der Waals surface area contributed by atoms with E-state index in [1.165, 1.54) is 36.0 Å². The lowest BCUT2D eigenvalue weighted by Gasteiger charge is -2.55. The van der Waals surface area contributed by atoms with E-state index in [9.17, 15) is 5.11 Å². The molecule has 0 aliphatic heterocycles. The molecular weight excluding hydrogens is 256 g/mol. The number of fused-ring (bicyclic) bond motifs is 1. The number of rotatable bonds is 3. The van der Waals surface area contributed by atoms with Crippen molar-refractivity contribution in [2.45, 2.75) is 72.3 Å². The summed E-state index contributed by atoms with van der Waals surface area (Å²) in [4.78, 5) is 0. The van der Waals surface area contributed by atoms with Gasteiger partial charge in [-0.25, -0.2) is 0 Å². The number of hydrogen-bond donors (Lipinski definition) is 1. The first-order chi connectivity index (χ1) is 9.82. The van der Waals surface area contributed by atoms with E-state index in [-0.39, 0.29) is 11.5 Å². The maximum Gasteiger partial charge on any atom is 0.0728 e. The molecule has 0 aromatic heterocycles. The third-order valence-corrected chi connectivity index (χ3v) is 5.60. The van der Waals surface area contributed by atoms with E-state index < -0.39 is 0 Å². The van der Waals surface area contributed by atoms with Gasteiger partial charge in [-0.1, -0.05) is 42.4 Å². The van der Waals surface area contributed by atoms with Crippen LogP contribution < -0.4 is 0 Å². The fourth-order valence-electron chi connectivity index (χ4n) is 4.43. The highest BCUT2D eigenvalue weighted by molar-refractivity contribution is 5.18. The standard InChI is InChI=1S/C20H32O/c1-14(2)11-17(21)12-20(5)13-18-16(4)8-6-7-15(3)9-10-19(18)20/h7,11,17-19,21H,4,6,8-10,12-13H2,1-3,5H3/b15-7+. The van der Waals surface area contributed by atoms with Crippen LogP contribution >= 0.6 is 0 Å². The van der Waals surface area contributed by atoms with Gasteiger partial charge < -0.3 is 5.11 Å². The molecular formula is C20H32O. The van der Waals surface area contributed by atoms with Gasteiger partial charge in [-0.15, -0.1) is 0 Å². The molecule has 0 radical (unpaired) electrons. The van der Waals surface area contributed by atoms with Crippen molar-refractivity contribution >= 4 is 0 Å². The average Bonchev–Trinajstić information content (AvgIpc) is 2.39. The first-order valence-electron chi connectivity index (χ1n) is 8.48. The molecule has 118 valence electrons. The summed E-state index contributed by atoms with van der Waals surface area (Å²) in [5, 5.41) is 10.3. The predicted octanol–water partition coefficient (Wildman–Crippen LogP) is 5.42. The molecule has 0 amide bonds. The monoisotopic (exact) mass is 288 g/mol. The Balaban J connectivity index is 2.08. The highest BCUT2D eigenvalue weighted by Crippen LogP contribution is 2.59. The van der Waals surface area contributed by atoms with Crippen LogP contribution in [0.15, 0.2) is 35.5 Å². The van der Waals surface area contributed by atoms with Crippen LogP contribution in [-0.2, 0) is 0 Å². The molecule has 1 heteroatoms. The lowest BCUT2D eigenvalue weighted by atomic mass is 9.49. The Morgan fingerprint density at radius 1 is 1.48 bits per heavy atom. The molecule has 2 aliphatic carbocycles. The molecule has 0 saturated heterocycles. The normalized spacial score (nSPS) is 37.0. The Kier molecular flexibility index (Phi) is 5.14. The first-order valence-corrected chi connectivity index (χ1v) is 8.48. The Labute approximate surface area is 130 Å². The van der Waals surface area contributed by atoms with Crippen LogP contribution in [-0.4, -0.2) is 11.2 Å². The van der Waals surface area contributed by atoms with Gasteiger partial charge in [-0.2, -0.15) is 0 Å². The second-order valence-corrected chi connectivity index (χ2v) is 7.87. The second-order valence-electron chi connectivity index (χ2n) is 7.87. The van der Waals surface area contributed by atoms with Crippen molar-refractivity contribution in [3.8, 4) is 0 Å². The van der Waals surface area contributed by atoms with E-state index in [1.807, 2.05) is 6.08 Å². The molecule has 4 unspecified atom stereocenters. The molecule has 1 fully saturated rings. The van der Waals surface area contributed by atoms with Gasteiger partial charge in [0.2, 0.25) is 0 Å². The van der Waals surface area contributed by atoms with Crippen molar-refractivity contribution in [2.24, 2.45) is 17.3 Å². The summed E-state index contributed by atoms with van der Waals surface area (Å²) >= 11 is 0. The van der Waals surface area contributed by atoms with Gasteiger partial charge in [0, 0.05) is 0 Å². The van der Waals surface area contributed by atoms with E-state index in [0.29, 0.717) is 11.8 Å². The van der Waals surface area contributed by atoms with Crippen LogP contribution in [0.5, 0.6) is 0 Å². The minimum atomic E-state index is -0.293. The molecule has 0 spiro atoms. The maximum absolute atomic E-state index is 10.3. The number of hydrogen-bond acceptors (Lipinski definition) is 1. The molecule has 0 bridgehead atoms. The molecule has 2 aliphatic rings. The smallest absolute Gasteiger partial charge is 0.0728 e. The molecule has 0 heterocycles. The molecule has 0 aromatic rings. The van der Waals surface area contributed by atoms with Crippen LogP contribution in [0.4, 0.5) is 0 Å². The predicted molar refractivity (Wildman–Crippen MR) is 91.1 cm³/mol. The molecule has 21 heavy (non-hydrogen) atoms. The second kappa shape index (κ2) is 6.52. The van der Waals surface area contributed by atoms with E-state index in [4.69, 9.17) is 0 Å². The van der Waals surface area contributed by atoms with Gasteiger partial charge in [-0.05, 0) is 76.5 Å². The van der Waals surface area contributed by atoms with Crippen LogP contribution in [0, 0.1) is 17.3 Å². The quantitative estimate of drug-likeness (QED) is 0.687. The Bertz CT molecular complexity index is 452. The summed E-state index contributed by atoms with van der Waals surface area (Å²) in [6.07, 6.45) is 11.0. The zero-order chi connectivity index (χ0) is 15.6. The topological polar surface area (TPSA) is 20.2 Å². The van der Waals surface area contributed by atoms with Gasteiger partial charge in [-0.3, -0.25) is 0 Å². The maximum atomic E-state index is 10.3. The van der Waals surface area contributed by atoms with Crippen molar-refractivity contribution in [1.29, 1.82) is 0 Å². The molecule has 2 rings (SSSR count). The van der Waals surface area contributed by atoms with E-state index >= 15 is 0 Å². The summed E-state index contributed by atoms with van der Waals surface area (Å²) in [5.41, 5.74) is 4.46. The number of aliphatic hydroxyl groups excluding tert-OH is 1. The van der Waals surface area contributed by atoms with Gasteiger partial charge in [0.25, 0.3) is 0 Å². The van der Waals surface area contributed by atoms with Crippen molar-refractivity contribution in [3.63, 3.8) is 0 Å². The Hall–Kier alpha value is -0.820. The zero-order valence-electron chi connectivity index (χ0n) is 14.3. The van der Waals surface area contributed by atoms with Crippen molar-refractivity contribution in [3.05, 3.63) is 35.5 Å². The van der Waals surface area contributed by atoms with Gasteiger partial charge in [0.15, 0.2) is 0 Å². The van der Waals surface area contributed by atoms with Gasteiger partial charge >= 0.3 is 0 Å². The third kappa shape index (κ3) is 3.88. The van der Waals surface area contributed by atoms with Gasteiger partial charge in [0.05, 0.1) is 6.10 Å². The lowest BCUT2D eigenvalue weighted by Crippen LogP contribution is -2.48. The zero-order valence-corrected chi connectivity index (χ0v) is 14.3. The van der Waals surface area contributed by atoms with Crippen molar-refractivity contribution in [2.75, 3.05) is 0 Å². The van der Waals surface area contributed by atoms with Crippen molar-refractivity contribution in [1.82, 2.24) is 0 Å². The van der Waals surface area contributed by atoms with Crippen LogP contribution in [0.3, 0.4) is 0 Å². The fraction of sp³-hybridized carbons (Fsp3) is 0.700. The Morgan fingerprint density at radius 3 is 2.86 bits per heavy atom. The molecule has 0 aromatic carbocycles. The van der Waals surface area contributed by atoms with Crippen molar-refractivity contribution < 1.29 is 5.11 Å². The number of allylic oxidation sites excluding steroid dienone is 4. The average molecular weight is 288 g/mol. The molecule has 1 nitrogen and oxygen atoms in total. The third-order valence-electron chi connectivity index (χ3n) is 5.60. The first kappa shape index (κ1) is 16.5. The summed E-state index contributed by atoms with van der Waals surface area (Å²) in [7, 11) is 0. The minimum absolute atomic E-state index is 0.281. The van der Waals surface area contributed by atoms with E-state index in [2.05, 4.69) is 40.3 Å². The van der Waals surface area contributed by atoms with Gasteiger partial charge in [0.1, 0.15) is 0 Å². The van der Waals surface area contributed by atoms with Crippen LogP contribution in [0.2, 0.25) is 0 Å². The lowest BCUT2D eigenvalue weighted by molar-refractivity contribution is -0.0437. The highest BCUT2D eigenvalue weighted by atomic mass is 16.3. The largest absolute Gasteiger partial charge is 0.389 e.